The normalized spacial score (nSPS) is 15.1. The first kappa shape index (κ1) is 21.6. The van der Waals surface area contributed by atoms with Crippen molar-refractivity contribution in [1.29, 1.82) is 0 Å². The first-order valence-corrected chi connectivity index (χ1v) is 10.2. The summed E-state index contributed by atoms with van der Waals surface area (Å²) in [5.41, 5.74) is 6.99. The van der Waals surface area contributed by atoms with Gasteiger partial charge in [-0.1, -0.05) is 48.6 Å². The van der Waals surface area contributed by atoms with Gasteiger partial charge in [-0.25, -0.2) is 4.79 Å². The summed E-state index contributed by atoms with van der Waals surface area (Å²) in [6.45, 7) is 11.8. The standard InChI is InChI=1S/C26H29NO3/c1-19(17-21(3)23-6-5-7-24(18-23)26(28)29-4)16-20(2)22-8-10-25(11-9-22)27-12-14-30-15-13-27/h5-11,16-18H,3,12-15H2,1-2,4H3/b19-17+,20-16+. The van der Waals surface area contributed by atoms with Gasteiger partial charge < -0.3 is 14.4 Å². The second kappa shape index (κ2) is 10.1. The molecule has 156 valence electrons. The Bertz CT molecular complexity index is 964. The third-order valence-electron chi connectivity index (χ3n) is 5.20. The highest BCUT2D eigenvalue weighted by atomic mass is 16.5. The molecule has 2 aromatic rings. The summed E-state index contributed by atoms with van der Waals surface area (Å²) in [5.74, 6) is -0.346. The molecule has 4 nitrogen and oxygen atoms in total. The SMILES string of the molecule is C=C(/C=C(C)/C=C(\C)c1ccc(N2CCOCC2)cc1)c1cccc(C(=O)OC)c1. The summed E-state index contributed by atoms with van der Waals surface area (Å²) in [5, 5.41) is 0. The topological polar surface area (TPSA) is 38.8 Å². The van der Waals surface area contributed by atoms with Crippen LogP contribution < -0.4 is 4.90 Å². The lowest BCUT2D eigenvalue weighted by Gasteiger charge is -2.29. The smallest absolute Gasteiger partial charge is 0.337 e. The number of carbonyl (C=O) groups is 1. The largest absolute Gasteiger partial charge is 0.465 e. The van der Waals surface area contributed by atoms with Crippen molar-refractivity contribution >= 4 is 22.8 Å². The predicted molar refractivity (Wildman–Crippen MR) is 124 cm³/mol. The van der Waals surface area contributed by atoms with E-state index in [2.05, 4.69) is 55.7 Å². The van der Waals surface area contributed by atoms with Gasteiger partial charge in [0.05, 0.1) is 25.9 Å². The highest BCUT2D eigenvalue weighted by molar-refractivity contribution is 5.91. The maximum absolute atomic E-state index is 11.8. The molecule has 0 aromatic heterocycles. The van der Waals surface area contributed by atoms with Gasteiger partial charge in [0.15, 0.2) is 0 Å². The summed E-state index contributed by atoms with van der Waals surface area (Å²) in [7, 11) is 1.38. The Hall–Kier alpha value is -3.11. The van der Waals surface area contributed by atoms with Crippen LogP contribution >= 0.6 is 0 Å². The van der Waals surface area contributed by atoms with Crippen LogP contribution in [0.4, 0.5) is 5.69 Å². The van der Waals surface area contributed by atoms with Crippen LogP contribution in [0.2, 0.25) is 0 Å². The minimum absolute atomic E-state index is 0.346. The molecule has 1 saturated heterocycles. The van der Waals surface area contributed by atoms with E-state index < -0.39 is 0 Å². The molecule has 30 heavy (non-hydrogen) atoms. The van der Waals surface area contributed by atoms with Gasteiger partial charge in [0, 0.05) is 18.8 Å². The first-order valence-electron chi connectivity index (χ1n) is 10.2. The number of ether oxygens (including phenoxy) is 2. The van der Waals surface area contributed by atoms with Crippen LogP contribution in [0.5, 0.6) is 0 Å². The van der Waals surface area contributed by atoms with Crippen LogP contribution in [0.25, 0.3) is 11.1 Å². The number of morpholine rings is 1. The lowest BCUT2D eigenvalue weighted by atomic mass is 10.00. The van der Waals surface area contributed by atoms with Crippen LogP contribution in [0, 0.1) is 0 Å². The Morgan fingerprint density at radius 3 is 2.33 bits per heavy atom. The van der Waals surface area contributed by atoms with Gasteiger partial charge >= 0.3 is 5.97 Å². The van der Waals surface area contributed by atoms with Crippen molar-refractivity contribution in [2.45, 2.75) is 13.8 Å². The van der Waals surface area contributed by atoms with Crippen LogP contribution in [-0.2, 0) is 9.47 Å². The molecule has 0 N–H and O–H groups in total. The van der Waals surface area contributed by atoms with Crippen molar-refractivity contribution in [3.8, 4) is 0 Å². The lowest BCUT2D eigenvalue weighted by Crippen LogP contribution is -2.36. The molecule has 0 radical (unpaired) electrons. The first-order chi connectivity index (χ1) is 14.5. The summed E-state index contributed by atoms with van der Waals surface area (Å²) in [6.07, 6.45) is 4.18. The van der Waals surface area contributed by atoms with Crippen molar-refractivity contribution < 1.29 is 14.3 Å². The van der Waals surface area contributed by atoms with Gasteiger partial charge in [-0.3, -0.25) is 0 Å². The lowest BCUT2D eigenvalue weighted by molar-refractivity contribution is 0.0600. The number of allylic oxidation sites excluding steroid dienone is 5. The molecular weight excluding hydrogens is 374 g/mol. The Morgan fingerprint density at radius 2 is 1.67 bits per heavy atom. The number of esters is 1. The third-order valence-corrected chi connectivity index (χ3v) is 5.20. The van der Waals surface area contributed by atoms with Gasteiger partial charge in [0.1, 0.15) is 0 Å². The molecule has 0 bridgehead atoms. The summed E-state index contributed by atoms with van der Waals surface area (Å²) in [4.78, 5) is 14.1. The molecule has 2 aromatic carbocycles. The van der Waals surface area contributed by atoms with E-state index in [0.29, 0.717) is 5.56 Å². The molecule has 0 unspecified atom stereocenters. The number of nitrogens with zero attached hydrogens (tertiary/aromatic N) is 1. The molecule has 4 heteroatoms. The Balaban J connectivity index is 1.71. The fraction of sp³-hybridized carbons (Fsp3) is 0.269. The van der Waals surface area contributed by atoms with Gasteiger partial charge in [-0.15, -0.1) is 0 Å². The monoisotopic (exact) mass is 403 g/mol. The minimum atomic E-state index is -0.346. The number of hydrogen-bond donors (Lipinski definition) is 0. The second-order valence-electron chi connectivity index (χ2n) is 7.46. The molecule has 0 spiro atoms. The second-order valence-corrected chi connectivity index (χ2v) is 7.46. The van der Waals surface area contributed by atoms with E-state index >= 15 is 0 Å². The van der Waals surface area contributed by atoms with Gasteiger partial charge in [0.2, 0.25) is 0 Å². The van der Waals surface area contributed by atoms with Crippen molar-refractivity contribution in [2.24, 2.45) is 0 Å². The maximum atomic E-state index is 11.8. The molecule has 1 aliphatic heterocycles. The number of methoxy groups -OCH3 is 1. The van der Waals surface area contributed by atoms with Crippen molar-refractivity contribution in [1.82, 2.24) is 0 Å². The van der Waals surface area contributed by atoms with E-state index in [4.69, 9.17) is 9.47 Å². The Morgan fingerprint density at radius 1 is 1.00 bits per heavy atom. The minimum Gasteiger partial charge on any atom is -0.465 e. The molecule has 1 heterocycles. The van der Waals surface area contributed by atoms with E-state index in [1.807, 2.05) is 18.2 Å². The fourth-order valence-corrected chi connectivity index (χ4v) is 3.55. The zero-order chi connectivity index (χ0) is 21.5. The van der Waals surface area contributed by atoms with Crippen molar-refractivity contribution in [3.05, 3.63) is 89.5 Å². The van der Waals surface area contributed by atoms with Crippen LogP contribution in [0.1, 0.15) is 35.3 Å². The third kappa shape index (κ3) is 5.49. The summed E-state index contributed by atoms with van der Waals surface area (Å²) >= 11 is 0. The van der Waals surface area contributed by atoms with Gasteiger partial charge in [0.25, 0.3) is 0 Å². The van der Waals surface area contributed by atoms with E-state index in [9.17, 15) is 4.79 Å². The molecule has 0 aliphatic carbocycles. The molecule has 3 rings (SSSR count). The van der Waals surface area contributed by atoms with Crippen LogP contribution in [-0.4, -0.2) is 39.4 Å². The average molecular weight is 404 g/mol. The molecule has 1 fully saturated rings. The predicted octanol–water partition coefficient (Wildman–Crippen LogP) is 5.37. The van der Waals surface area contributed by atoms with E-state index in [0.717, 1.165) is 43.0 Å². The van der Waals surface area contributed by atoms with E-state index in [1.54, 1.807) is 12.1 Å². The van der Waals surface area contributed by atoms with Crippen LogP contribution in [0.15, 0.2) is 72.8 Å². The maximum Gasteiger partial charge on any atom is 0.337 e. The van der Waals surface area contributed by atoms with Gasteiger partial charge in [-0.2, -0.15) is 0 Å². The van der Waals surface area contributed by atoms with Crippen molar-refractivity contribution in [2.75, 3.05) is 38.3 Å². The number of anilines is 1. The quantitative estimate of drug-likeness (QED) is 0.480. The van der Waals surface area contributed by atoms with E-state index in [-0.39, 0.29) is 5.97 Å². The van der Waals surface area contributed by atoms with Crippen molar-refractivity contribution in [3.63, 3.8) is 0 Å². The van der Waals surface area contributed by atoms with Crippen LogP contribution in [0.3, 0.4) is 0 Å². The average Bonchev–Trinajstić information content (AvgIpc) is 2.79. The number of benzene rings is 2. The van der Waals surface area contributed by atoms with Gasteiger partial charge in [-0.05, 0) is 60.4 Å². The fourth-order valence-electron chi connectivity index (χ4n) is 3.55. The van der Waals surface area contributed by atoms with E-state index in [1.165, 1.54) is 23.9 Å². The molecule has 0 atom stereocenters. The number of carbonyl (C=O) groups excluding carboxylic acids is 1. The molecule has 0 saturated carbocycles. The zero-order valence-corrected chi connectivity index (χ0v) is 18.0. The number of hydrogen-bond acceptors (Lipinski definition) is 4. The Kier molecular flexibility index (Phi) is 7.26. The Labute approximate surface area is 179 Å². The molecule has 0 amide bonds. The summed E-state index contributed by atoms with van der Waals surface area (Å²) < 4.78 is 10.2. The molecule has 1 aliphatic rings. The summed E-state index contributed by atoms with van der Waals surface area (Å²) in [6, 6.07) is 16.0. The number of rotatable bonds is 6. The zero-order valence-electron chi connectivity index (χ0n) is 18.0. The highest BCUT2D eigenvalue weighted by Crippen LogP contribution is 2.23. The highest BCUT2D eigenvalue weighted by Gasteiger charge is 2.11. The molecular formula is C26H29NO3.